The minimum absolute atomic E-state index is 0.0344. The van der Waals surface area contributed by atoms with Gasteiger partial charge in [0.1, 0.15) is 16.9 Å². The predicted molar refractivity (Wildman–Crippen MR) is 93.7 cm³/mol. The van der Waals surface area contributed by atoms with Gasteiger partial charge in [-0.2, -0.15) is 5.26 Å². The van der Waals surface area contributed by atoms with Gasteiger partial charge in [0, 0.05) is 12.8 Å². The van der Waals surface area contributed by atoms with Gasteiger partial charge in [0.2, 0.25) is 0 Å². The topological polar surface area (TPSA) is 51.5 Å². The van der Waals surface area contributed by atoms with Crippen LogP contribution in [0.5, 0.6) is 5.75 Å². The number of benzene rings is 2. The summed E-state index contributed by atoms with van der Waals surface area (Å²) in [6, 6.07) is 19.2. The Morgan fingerprint density at radius 1 is 1.12 bits per heavy atom. The summed E-state index contributed by atoms with van der Waals surface area (Å²) in [5.74, 6) is 0.762. The summed E-state index contributed by atoms with van der Waals surface area (Å²) < 4.78 is 17.6. The summed E-state index contributed by atoms with van der Waals surface area (Å²) in [4.78, 5) is 0. The molecule has 1 saturated heterocycles. The van der Waals surface area contributed by atoms with E-state index < -0.39 is 0 Å². The molecule has 0 bridgehead atoms. The van der Waals surface area contributed by atoms with E-state index >= 15 is 0 Å². The highest BCUT2D eigenvalue weighted by atomic mass is 79.9. The van der Waals surface area contributed by atoms with E-state index in [1.165, 1.54) is 0 Å². The van der Waals surface area contributed by atoms with Gasteiger partial charge >= 0.3 is 0 Å². The van der Waals surface area contributed by atoms with Crippen molar-refractivity contribution in [1.29, 1.82) is 5.26 Å². The SMILES string of the molecule is N#Cc1ccc(OC2CCOC(OC(Br)c3ccccc3)C2)cc1. The Morgan fingerprint density at radius 3 is 2.58 bits per heavy atom. The lowest BCUT2D eigenvalue weighted by Gasteiger charge is -2.31. The van der Waals surface area contributed by atoms with Crippen LogP contribution in [-0.4, -0.2) is 19.0 Å². The molecule has 124 valence electrons. The quantitative estimate of drug-likeness (QED) is 0.705. The number of hydrogen-bond acceptors (Lipinski definition) is 4. The molecular formula is C19H18BrNO3. The minimum atomic E-state index is -0.313. The first kappa shape index (κ1) is 17.0. The first-order valence-corrected chi connectivity index (χ1v) is 8.79. The van der Waals surface area contributed by atoms with Crippen LogP contribution in [0.2, 0.25) is 0 Å². The van der Waals surface area contributed by atoms with Crippen LogP contribution in [0.1, 0.15) is 29.0 Å². The van der Waals surface area contributed by atoms with Gasteiger partial charge in [0.25, 0.3) is 0 Å². The van der Waals surface area contributed by atoms with E-state index in [0.717, 1.165) is 17.7 Å². The Labute approximate surface area is 150 Å². The van der Waals surface area contributed by atoms with Crippen molar-refractivity contribution in [3.63, 3.8) is 0 Å². The molecule has 4 nitrogen and oxygen atoms in total. The molecule has 1 aliphatic heterocycles. The van der Waals surface area contributed by atoms with E-state index in [1.807, 2.05) is 42.5 Å². The number of halogens is 1. The maximum atomic E-state index is 8.83. The monoisotopic (exact) mass is 387 g/mol. The first-order valence-electron chi connectivity index (χ1n) is 7.87. The number of rotatable bonds is 5. The van der Waals surface area contributed by atoms with Crippen molar-refractivity contribution < 1.29 is 14.2 Å². The maximum Gasteiger partial charge on any atom is 0.163 e. The second-order valence-corrected chi connectivity index (χ2v) is 6.40. The van der Waals surface area contributed by atoms with E-state index in [9.17, 15) is 0 Å². The zero-order valence-electron chi connectivity index (χ0n) is 13.1. The normalized spacial score (nSPS) is 21.7. The molecule has 0 radical (unpaired) electrons. The first-order chi connectivity index (χ1) is 11.7. The van der Waals surface area contributed by atoms with Gasteiger partial charge in [-0.25, -0.2) is 0 Å². The lowest BCUT2D eigenvalue weighted by Crippen LogP contribution is -2.34. The number of ether oxygens (including phenoxy) is 3. The molecule has 1 fully saturated rings. The molecule has 0 aromatic heterocycles. The highest BCUT2D eigenvalue weighted by Gasteiger charge is 2.26. The Balaban J connectivity index is 1.55. The van der Waals surface area contributed by atoms with Crippen molar-refractivity contribution in [2.24, 2.45) is 0 Å². The van der Waals surface area contributed by atoms with Gasteiger partial charge in [-0.1, -0.05) is 46.3 Å². The van der Waals surface area contributed by atoms with E-state index in [2.05, 4.69) is 22.0 Å². The average Bonchev–Trinajstić information content (AvgIpc) is 2.63. The fourth-order valence-corrected chi connectivity index (χ4v) is 3.10. The zero-order valence-corrected chi connectivity index (χ0v) is 14.7. The molecule has 1 heterocycles. The van der Waals surface area contributed by atoms with Crippen molar-refractivity contribution in [1.82, 2.24) is 0 Å². The highest BCUT2D eigenvalue weighted by molar-refractivity contribution is 9.09. The summed E-state index contributed by atoms with van der Waals surface area (Å²) in [5.41, 5.74) is 1.68. The lowest BCUT2D eigenvalue weighted by molar-refractivity contribution is -0.187. The standard InChI is InChI=1S/C19H18BrNO3/c20-19(15-4-2-1-3-5-15)24-18-12-17(10-11-22-18)23-16-8-6-14(13-21)7-9-16/h1-9,17-19H,10-12H2. The molecule has 3 atom stereocenters. The Hall–Kier alpha value is -1.87. The molecule has 1 aliphatic rings. The molecule has 3 unspecified atom stereocenters. The number of hydrogen-bond donors (Lipinski definition) is 0. The summed E-state index contributed by atoms with van der Waals surface area (Å²) >= 11 is 3.55. The fourth-order valence-electron chi connectivity index (χ4n) is 2.55. The Morgan fingerprint density at radius 2 is 1.88 bits per heavy atom. The van der Waals surface area contributed by atoms with Crippen LogP contribution in [0.4, 0.5) is 0 Å². The number of alkyl halides is 1. The molecule has 5 heteroatoms. The van der Waals surface area contributed by atoms with Crippen LogP contribution < -0.4 is 4.74 Å². The summed E-state index contributed by atoms with van der Waals surface area (Å²) in [5, 5.41) is 8.62. The van der Waals surface area contributed by atoms with Crippen LogP contribution in [0.3, 0.4) is 0 Å². The van der Waals surface area contributed by atoms with E-state index in [1.54, 1.807) is 12.1 Å². The van der Waals surface area contributed by atoms with Crippen LogP contribution >= 0.6 is 15.9 Å². The lowest BCUT2D eigenvalue weighted by atomic mass is 10.1. The third kappa shape index (κ3) is 4.57. The van der Waals surface area contributed by atoms with Gasteiger partial charge in [-0.3, -0.25) is 0 Å². The molecule has 0 aliphatic carbocycles. The maximum absolute atomic E-state index is 8.83. The van der Waals surface area contributed by atoms with Crippen LogP contribution in [0, 0.1) is 11.3 Å². The zero-order chi connectivity index (χ0) is 16.8. The third-order valence-corrected chi connectivity index (χ3v) is 4.56. The second-order valence-electron chi connectivity index (χ2n) is 5.56. The van der Waals surface area contributed by atoms with Gasteiger partial charge < -0.3 is 14.2 Å². The largest absolute Gasteiger partial charge is 0.490 e. The van der Waals surface area contributed by atoms with Crippen LogP contribution in [0.15, 0.2) is 54.6 Å². The van der Waals surface area contributed by atoms with Gasteiger partial charge in [-0.05, 0) is 29.8 Å². The smallest absolute Gasteiger partial charge is 0.163 e. The van der Waals surface area contributed by atoms with Crippen molar-refractivity contribution >= 4 is 15.9 Å². The van der Waals surface area contributed by atoms with Crippen molar-refractivity contribution in [3.05, 3.63) is 65.7 Å². The van der Waals surface area contributed by atoms with Gasteiger partial charge in [0.05, 0.1) is 18.2 Å². The molecule has 3 rings (SSSR count). The van der Waals surface area contributed by atoms with E-state index in [0.29, 0.717) is 18.6 Å². The van der Waals surface area contributed by atoms with Crippen molar-refractivity contribution in [2.45, 2.75) is 30.2 Å². The molecule has 0 amide bonds. The molecule has 24 heavy (non-hydrogen) atoms. The molecule has 0 N–H and O–H groups in total. The van der Waals surface area contributed by atoms with Gasteiger partial charge in [0.15, 0.2) is 6.29 Å². The Bertz CT molecular complexity index is 684. The van der Waals surface area contributed by atoms with Gasteiger partial charge in [-0.15, -0.1) is 0 Å². The number of nitrogens with zero attached hydrogens (tertiary/aromatic N) is 1. The minimum Gasteiger partial charge on any atom is -0.490 e. The second kappa shape index (κ2) is 8.29. The van der Waals surface area contributed by atoms with Crippen molar-refractivity contribution in [3.8, 4) is 11.8 Å². The van der Waals surface area contributed by atoms with Crippen molar-refractivity contribution in [2.75, 3.05) is 6.61 Å². The van der Waals surface area contributed by atoms with Crippen LogP contribution in [-0.2, 0) is 9.47 Å². The molecular weight excluding hydrogens is 370 g/mol. The fraction of sp³-hybridized carbons (Fsp3) is 0.316. The summed E-state index contributed by atoms with van der Waals surface area (Å²) in [6.45, 7) is 0.597. The highest BCUT2D eigenvalue weighted by Crippen LogP contribution is 2.29. The van der Waals surface area contributed by atoms with E-state index in [-0.39, 0.29) is 17.4 Å². The molecule has 2 aromatic carbocycles. The average molecular weight is 388 g/mol. The number of nitriles is 1. The summed E-state index contributed by atoms with van der Waals surface area (Å²) in [7, 11) is 0. The predicted octanol–water partition coefficient (Wildman–Crippen LogP) is 4.55. The summed E-state index contributed by atoms with van der Waals surface area (Å²) in [6.07, 6.45) is 1.20. The molecule has 2 aromatic rings. The van der Waals surface area contributed by atoms with E-state index in [4.69, 9.17) is 19.5 Å². The Kier molecular flexibility index (Phi) is 5.86. The van der Waals surface area contributed by atoms with Crippen LogP contribution in [0.25, 0.3) is 0 Å². The molecule has 0 spiro atoms. The molecule has 0 saturated carbocycles. The third-order valence-electron chi connectivity index (χ3n) is 3.82.